The summed E-state index contributed by atoms with van der Waals surface area (Å²) in [6.07, 6.45) is 5.35. The quantitative estimate of drug-likeness (QED) is 0.0792. The Hall–Kier alpha value is -3.98. The van der Waals surface area contributed by atoms with Gasteiger partial charge in [-0.2, -0.15) is 10.2 Å². The van der Waals surface area contributed by atoms with E-state index in [1.165, 1.54) is 13.8 Å². The number of piperazine rings is 1. The highest BCUT2D eigenvalue weighted by atomic mass is 32.1. The van der Waals surface area contributed by atoms with Crippen molar-refractivity contribution in [3.05, 3.63) is 59.7 Å². The second-order valence-corrected chi connectivity index (χ2v) is 11.1. The molecular weight excluding hydrogens is 597 g/mol. The van der Waals surface area contributed by atoms with Gasteiger partial charge in [-0.05, 0) is 85.8 Å². The summed E-state index contributed by atoms with van der Waals surface area (Å²) in [5, 5.41) is 21.2. The van der Waals surface area contributed by atoms with E-state index >= 15 is 0 Å². The highest BCUT2D eigenvalue weighted by Crippen LogP contribution is 2.09. The Morgan fingerprint density at radius 2 is 1.05 bits per heavy atom. The van der Waals surface area contributed by atoms with E-state index in [0.717, 1.165) is 87.7 Å². The first-order chi connectivity index (χ1) is 21.3. The van der Waals surface area contributed by atoms with Crippen LogP contribution in [0.25, 0.3) is 0 Å². The summed E-state index contributed by atoms with van der Waals surface area (Å²) in [6, 6.07) is 14.8. The Bertz CT molecular complexity index is 1180. The molecule has 0 atom stereocenters. The van der Waals surface area contributed by atoms with E-state index in [1.54, 1.807) is 12.4 Å². The van der Waals surface area contributed by atoms with Crippen molar-refractivity contribution in [1.82, 2.24) is 31.3 Å². The summed E-state index contributed by atoms with van der Waals surface area (Å²) in [5.74, 6) is -0.202. The van der Waals surface area contributed by atoms with Crippen LogP contribution >= 0.6 is 24.4 Å². The van der Waals surface area contributed by atoms with Crippen LogP contribution < -0.4 is 32.1 Å². The van der Waals surface area contributed by atoms with E-state index in [4.69, 9.17) is 24.4 Å². The van der Waals surface area contributed by atoms with Crippen molar-refractivity contribution in [3.8, 4) is 0 Å². The first-order valence-corrected chi connectivity index (χ1v) is 15.4. The number of anilines is 2. The summed E-state index contributed by atoms with van der Waals surface area (Å²) in [7, 11) is 0. The van der Waals surface area contributed by atoms with Crippen LogP contribution in [0.15, 0.2) is 58.7 Å². The number of amides is 2. The van der Waals surface area contributed by atoms with Crippen LogP contribution in [0.3, 0.4) is 0 Å². The van der Waals surface area contributed by atoms with Crippen LogP contribution in [0.4, 0.5) is 11.4 Å². The minimum Gasteiger partial charge on any atom is -0.361 e. The Balaban J connectivity index is 1.17. The zero-order valence-corrected chi connectivity index (χ0v) is 26.9. The Labute approximate surface area is 270 Å². The van der Waals surface area contributed by atoms with Crippen LogP contribution in [0.1, 0.15) is 37.8 Å². The summed E-state index contributed by atoms with van der Waals surface area (Å²) >= 11 is 10.6. The number of hydrogen-bond acceptors (Lipinski definition) is 8. The van der Waals surface area contributed by atoms with Gasteiger partial charge in [0.2, 0.25) is 11.8 Å². The fraction of sp³-hybridized carbons (Fsp3) is 0.400. The van der Waals surface area contributed by atoms with Gasteiger partial charge in [0.1, 0.15) is 0 Å². The summed E-state index contributed by atoms with van der Waals surface area (Å²) in [5.41, 5.74) is 8.98. The second-order valence-electron chi connectivity index (χ2n) is 10.2. The molecule has 6 N–H and O–H groups in total. The van der Waals surface area contributed by atoms with E-state index < -0.39 is 0 Å². The number of thiocarbonyl (C=S) groups is 2. The van der Waals surface area contributed by atoms with E-state index in [2.05, 4.69) is 52.1 Å². The number of rotatable bonds is 14. The van der Waals surface area contributed by atoms with Crippen molar-refractivity contribution in [2.24, 2.45) is 10.2 Å². The van der Waals surface area contributed by atoms with Gasteiger partial charge in [-0.3, -0.25) is 20.4 Å². The minimum absolute atomic E-state index is 0.101. The number of carbonyl (C=O) groups excluding carboxylic acids is 2. The van der Waals surface area contributed by atoms with Crippen molar-refractivity contribution >= 4 is 70.3 Å². The number of benzene rings is 2. The number of nitrogens with one attached hydrogen (secondary N) is 6. The Kier molecular flexibility index (Phi) is 15.2. The van der Waals surface area contributed by atoms with Crippen LogP contribution in [0, 0.1) is 0 Å². The molecule has 2 aromatic carbocycles. The molecule has 2 aromatic rings. The van der Waals surface area contributed by atoms with Gasteiger partial charge in [-0.15, -0.1) is 0 Å². The highest BCUT2D eigenvalue weighted by molar-refractivity contribution is 7.80. The molecule has 1 saturated heterocycles. The zero-order valence-electron chi connectivity index (χ0n) is 25.3. The summed E-state index contributed by atoms with van der Waals surface area (Å²) in [4.78, 5) is 27.2. The number of hydrogen-bond donors (Lipinski definition) is 6. The summed E-state index contributed by atoms with van der Waals surface area (Å²) < 4.78 is 0. The predicted molar refractivity (Wildman–Crippen MR) is 186 cm³/mol. The molecule has 1 aliphatic heterocycles. The van der Waals surface area contributed by atoms with E-state index in [-0.39, 0.29) is 11.8 Å². The van der Waals surface area contributed by atoms with E-state index in [9.17, 15) is 9.59 Å². The molecule has 1 aliphatic rings. The number of carbonyl (C=O) groups is 2. The van der Waals surface area contributed by atoms with Gasteiger partial charge in [0.05, 0.1) is 12.4 Å². The van der Waals surface area contributed by atoms with Crippen LogP contribution in [-0.2, 0) is 9.59 Å². The molecule has 0 aromatic heterocycles. The average Bonchev–Trinajstić information content (AvgIpc) is 2.99. The molecule has 3 rings (SSSR count). The maximum atomic E-state index is 11.1. The minimum atomic E-state index is -0.101. The van der Waals surface area contributed by atoms with Gasteiger partial charge < -0.3 is 31.1 Å². The van der Waals surface area contributed by atoms with E-state index in [1.807, 2.05) is 48.5 Å². The predicted octanol–water partition coefficient (Wildman–Crippen LogP) is 2.30. The lowest BCUT2D eigenvalue weighted by molar-refractivity contribution is -0.115. The lowest BCUT2D eigenvalue weighted by Gasteiger charge is -2.34. The van der Waals surface area contributed by atoms with Gasteiger partial charge in [0.25, 0.3) is 0 Å². The van der Waals surface area contributed by atoms with Gasteiger partial charge in [0, 0.05) is 64.5 Å². The number of hydrazone groups is 2. The largest absolute Gasteiger partial charge is 0.361 e. The molecule has 0 bridgehead atoms. The van der Waals surface area contributed by atoms with Crippen LogP contribution in [0.5, 0.6) is 0 Å². The monoisotopic (exact) mass is 638 g/mol. The molecule has 12 nitrogen and oxygen atoms in total. The standard InChI is InChI=1S/C30H42N10O2S2/c1-23(41)35-27-9-5-25(6-10-27)21-33-37-29(43)31-13-3-15-39-17-19-40(20-18-39)16-4-14-32-30(44)38-34-22-26-7-11-28(12-8-26)36-24(2)42/h5-12,21-22H,3-4,13-20H2,1-2H3,(H,35,41)(H,36,42)(H2,31,37,43)(H2,32,38,44)/b33-21+,34-22?. The maximum absolute atomic E-state index is 11.1. The zero-order chi connectivity index (χ0) is 31.6. The van der Waals surface area contributed by atoms with Crippen molar-refractivity contribution < 1.29 is 9.59 Å². The van der Waals surface area contributed by atoms with Crippen LogP contribution in [0.2, 0.25) is 0 Å². The third-order valence-electron chi connectivity index (χ3n) is 6.56. The molecule has 44 heavy (non-hydrogen) atoms. The highest BCUT2D eigenvalue weighted by Gasteiger charge is 2.15. The lowest BCUT2D eigenvalue weighted by Crippen LogP contribution is -2.47. The molecule has 0 saturated carbocycles. The van der Waals surface area contributed by atoms with Crippen molar-refractivity contribution in [1.29, 1.82) is 0 Å². The molecule has 1 heterocycles. The smallest absolute Gasteiger partial charge is 0.221 e. The first kappa shape index (κ1) is 34.5. The molecule has 0 radical (unpaired) electrons. The second kappa shape index (κ2) is 19.3. The van der Waals surface area contributed by atoms with Gasteiger partial charge in [-0.1, -0.05) is 24.3 Å². The van der Waals surface area contributed by atoms with Crippen LogP contribution in [-0.4, -0.2) is 96.6 Å². The third-order valence-corrected chi connectivity index (χ3v) is 7.03. The molecular formula is C30H42N10O2S2. The van der Waals surface area contributed by atoms with Gasteiger partial charge in [-0.25, -0.2) is 0 Å². The molecule has 1 fully saturated rings. The number of nitrogens with zero attached hydrogens (tertiary/aromatic N) is 4. The fourth-order valence-electron chi connectivity index (χ4n) is 4.37. The Morgan fingerprint density at radius 3 is 1.39 bits per heavy atom. The SMILES string of the molecule is CC(=O)Nc1ccc(C=NNC(=S)NCCCN2CCN(CCCNC(=S)N/N=C/c3ccc(NC(C)=O)cc3)CC2)cc1. The molecule has 0 unspecified atom stereocenters. The molecule has 236 valence electrons. The van der Waals surface area contributed by atoms with Crippen molar-refractivity contribution in [3.63, 3.8) is 0 Å². The first-order valence-electron chi connectivity index (χ1n) is 14.6. The molecule has 0 aliphatic carbocycles. The van der Waals surface area contributed by atoms with Gasteiger partial charge >= 0.3 is 0 Å². The topological polar surface area (TPSA) is 138 Å². The molecule has 14 heteroatoms. The molecule has 2 amide bonds. The summed E-state index contributed by atoms with van der Waals surface area (Å²) in [6.45, 7) is 10.8. The average molecular weight is 639 g/mol. The molecule has 0 spiro atoms. The van der Waals surface area contributed by atoms with Crippen molar-refractivity contribution in [2.75, 3.05) is 63.0 Å². The third kappa shape index (κ3) is 14.5. The normalized spacial score (nSPS) is 13.9. The van der Waals surface area contributed by atoms with Crippen molar-refractivity contribution in [2.45, 2.75) is 26.7 Å². The fourth-order valence-corrected chi connectivity index (χ4v) is 4.68. The van der Waals surface area contributed by atoms with Gasteiger partial charge in [0.15, 0.2) is 10.2 Å². The Morgan fingerprint density at radius 1 is 0.682 bits per heavy atom. The van der Waals surface area contributed by atoms with E-state index in [0.29, 0.717) is 10.2 Å². The lowest BCUT2D eigenvalue weighted by atomic mass is 10.2. The maximum Gasteiger partial charge on any atom is 0.221 e.